The van der Waals surface area contributed by atoms with Crippen molar-refractivity contribution in [2.24, 2.45) is 4.52 Å². The van der Waals surface area contributed by atoms with Gasteiger partial charge in [-0.2, -0.15) is 13.9 Å². The molecule has 6 nitrogen and oxygen atoms in total. The fraction of sp³-hybridized carbons (Fsp3) is 0. The third-order valence-corrected chi connectivity index (χ3v) is 1.97. The van der Waals surface area contributed by atoms with E-state index in [2.05, 4.69) is 14.8 Å². The summed E-state index contributed by atoms with van der Waals surface area (Å²) in [5.74, 6) is 0. The van der Waals surface area contributed by atoms with E-state index in [0.717, 1.165) is 0 Å². The van der Waals surface area contributed by atoms with Gasteiger partial charge in [-0.25, -0.2) is 5.48 Å². The highest BCUT2D eigenvalue weighted by Gasteiger charge is 2.16. The zero-order valence-corrected chi connectivity index (χ0v) is 6.13. The van der Waals surface area contributed by atoms with Gasteiger partial charge in [-0.15, -0.1) is 0 Å². The number of nitrogens with one attached hydrogen (secondary N) is 2. The summed E-state index contributed by atoms with van der Waals surface area (Å²) in [7, 11) is -3.86. The first kappa shape index (κ1) is 7.73. The summed E-state index contributed by atoms with van der Waals surface area (Å²) in [5.41, 5.74) is 8.40. The zero-order valence-electron chi connectivity index (χ0n) is 5.31. The molecular weight excluding hydrogens is 170 g/mol. The third kappa shape index (κ3) is 1.55. The molecule has 0 atom stereocenters. The summed E-state index contributed by atoms with van der Waals surface area (Å²) in [4.78, 5) is 4.45. The molecule has 0 saturated heterocycles. The van der Waals surface area contributed by atoms with Crippen molar-refractivity contribution in [2.75, 3.05) is 0 Å². The summed E-state index contributed by atoms with van der Waals surface area (Å²) >= 11 is 0. The Bertz CT molecular complexity index is 315. The highest BCUT2D eigenvalue weighted by atomic mass is 32.2. The highest BCUT2D eigenvalue weighted by Crippen LogP contribution is 2.07. The van der Waals surface area contributed by atoms with Crippen molar-refractivity contribution in [3.63, 3.8) is 0 Å². The standard InChI is InChI=1S/C4H5N3O3S/c5-7-11(8,9)4-2-1-3-10-6-4/h1-3,5-6H. The lowest BCUT2D eigenvalue weighted by molar-refractivity contribution is 0.167. The lowest BCUT2D eigenvalue weighted by Crippen LogP contribution is -2.19. The van der Waals surface area contributed by atoms with Crippen LogP contribution in [0.25, 0.3) is 0 Å². The van der Waals surface area contributed by atoms with Crippen molar-refractivity contribution in [3.05, 3.63) is 23.4 Å². The van der Waals surface area contributed by atoms with Crippen molar-refractivity contribution in [1.82, 2.24) is 5.48 Å². The number of allylic oxidation sites excluding steroid dienone is 2. The number of nitrogens with zero attached hydrogens (tertiary/aromatic N) is 1. The minimum absolute atomic E-state index is 0.241. The number of sulfonamides is 1. The molecule has 0 aromatic carbocycles. The maximum Gasteiger partial charge on any atom is 0.317 e. The first-order chi connectivity index (χ1) is 5.17. The van der Waals surface area contributed by atoms with Crippen LogP contribution in [0.15, 0.2) is 28.0 Å². The molecule has 0 unspecified atom stereocenters. The highest BCUT2D eigenvalue weighted by molar-refractivity contribution is 7.93. The lowest BCUT2D eigenvalue weighted by atomic mass is 10.6. The number of hydrogen-bond donors (Lipinski definition) is 2. The summed E-state index contributed by atoms with van der Waals surface area (Å²) in [5, 5.41) is -0.241. The fourth-order valence-corrected chi connectivity index (χ4v) is 0.982. The molecule has 0 fully saturated rings. The van der Waals surface area contributed by atoms with Gasteiger partial charge in [0, 0.05) is 0 Å². The minimum atomic E-state index is -3.86. The first-order valence-electron chi connectivity index (χ1n) is 2.59. The Labute approximate surface area is 63.1 Å². The monoisotopic (exact) mass is 175 g/mol. The van der Waals surface area contributed by atoms with Crippen LogP contribution in [-0.2, 0) is 14.9 Å². The molecule has 2 N–H and O–H groups in total. The lowest BCUT2D eigenvalue weighted by Gasteiger charge is -2.07. The predicted molar refractivity (Wildman–Crippen MR) is 35.5 cm³/mol. The Morgan fingerprint density at radius 2 is 2.36 bits per heavy atom. The second-order valence-corrected chi connectivity index (χ2v) is 3.22. The maximum absolute atomic E-state index is 10.8. The average molecular weight is 175 g/mol. The molecule has 0 aromatic rings. The molecule has 0 amide bonds. The molecule has 1 aliphatic rings. The van der Waals surface area contributed by atoms with E-state index in [9.17, 15) is 8.42 Å². The van der Waals surface area contributed by atoms with Crippen LogP contribution in [0.4, 0.5) is 0 Å². The molecule has 0 radical (unpaired) electrons. The first-order valence-corrected chi connectivity index (χ1v) is 4.03. The minimum Gasteiger partial charge on any atom is -0.389 e. The van der Waals surface area contributed by atoms with Crippen LogP contribution < -0.4 is 5.48 Å². The Morgan fingerprint density at radius 1 is 1.64 bits per heavy atom. The zero-order chi connectivity index (χ0) is 8.32. The van der Waals surface area contributed by atoms with Crippen molar-refractivity contribution >= 4 is 10.0 Å². The van der Waals surface area contributed by atoms with Gasteiger partial charge in [0.15, 0.2) is 5.03 Å². The van der Waals surface area contributed by atoms with Crippen LogP contribution in [0.3, 0.4) is 0 Å². The van der Waals surface area contributed by atoms with Crippen LogP contribution in [0.1, 0.15) is 0 Å². The number of hydrogen-bond acceptors (Lipinski definition) is 5. The average Bonchev–Trinajstić information content (AvgIpc) is 2.06. The van der Waals surface area contributed by atoms with Gasteiger partial charge >= 0.3 is 10.0 Å². The Morgan fingerprint density at radius 3 is 2.82 bits per heavy atom. The second kappa shape index (κ2) is 2.70. The summed E-state index contributed by atoms with van der Waals surface area (Å²) in [6, 6.07) is 0. The summed E-state index contributed by atoms with van der Waals surface area (Å²) < 4.78 is 23.9. The molecule has 1 heterocycles. The topological polar surface area (TPSA) is 91.6 Å². The van der Waals surface area contributed by atoms with Gasteiger partial charge < -0.3 is 4.84 Å². The van der Waals surface area contributed by atoms with Crippen LogP contribution in [0.2, 0.25) is 0 Å². The van der Waals surface area contributed by atoms with Crippen LogP contribution in [0, 0.1) is 5.53 Å². The molecule has 1 aliphatic heterocycles. The van der Waals surface area contributed by atoms with Crippen molar-refractivity contribution in [2.45, 2.75) is 0 Å². The van der Waals surface area contributed by atoms with E-state index < -0.39 is 10.0 Å². The van der Waals surface area contributed by atoms with Crippen molar-refractivity contribution < 1.29 is 13.3 Å². The molecule has 60 valence electrons. The Balaban J connectivity index is 3.00. The van der Waals surface area contributed by atoms with E-state index in [1.807, 2.05) is 0 Å². The van der Waals surface area contributed by atoms with E-state index in [4.69, 9.17) is 5.53 Å². The smallest absolute Gasteiger partial charge is 0.317 e. The SMILES string of the molecule is N=NS(=O)(=O)C1=CC=CON1. The normalized spacial score (nSPS) is 16.2. The quantitative estimate of drug-likeness (QED) is 0.588. The van der Waals surface area contributed by atoms with Crippen molar-refractivity contribution in [3.8, 4) is 0 Å². The fourth-order valence-electron chi connectivity index (χ4n) is 0.480. The van der Waals surface area contributed by atoms with Gasteiger partial charge in [-0.3, -0.25) is 0 Å². The molecule has 0 aliphatic carbocycles. The van der Waals surface area contributed by atoms with E-state index >= 15 is 0 Å². The molecule has 7 heteroatoms. The molecule has 1 rings (SSSR count). The van der Waals surface area contributed by atoms with Gasteiger partial charge in [-0.05, 0) is 12.2 Å². The molecular formula is C4H5N3O3S. The number of rotatable bonds is 2. The predicted octanol–water partition coefficient (Wildman–Crippen LogP) is 0.237. The van der Waals surface area contributed by atoms with Gasteiger partial charge in [0.1, 0.15) is 6.26 Å². The third-order valence-electron chi connectivity index (χ3n) is 0.952. The van der Waals surface area contributed by atoms with Gasteiger partial charge in [-0.1, -0.05) is 4.52 Å². The molecule has 0 bridgehead atoms. The maximum atomic E-state index is 10.8. The van der Waals surface area contributed by atoms with E-state index in [1.165, 1.54) is 18.4 Å². The Kier molecular flexibility index (Phi) is 1.90. The van der Waals surface area contributed by atoms with E-state index in [-0.39, 0.29) is 5.03 Å². The summed E-state index contributed by atoms with van der Waals surface area (Å²) in [6.07, 6.45) is 3.90. The van der Waals surface area contributed by atoms with E-state index in [0.29, 0.717) is 0 Å². The number of hydroxylamine groups is 1. The molecule has 0 aromatic heterocycles. The van der Waals surface area contributed by atoms with Crippen LogP contribution in [-0.4, -0.2) is 8.42 Å². The van der Waals surface area contributed by atoms with Gasteiger partial charge in [0.05, 0.1) is 0 Å². The molecule has 0 saturated carbocycles. The van der Waals surface area contributed by atoms with Gasteiger partial charge in [0.25, 0.3) is 0 Å². The second-order valence-electron chi connectivity index (χ2n) is 1.65. The largest absolute Gasteiger partial charge is 0.389 e. The summed E-state index contributed by atoms with van der Waals surface area (Å²) in [6.45, 7) is 0. The van der Waals surface area contributed by atoms with Crippen LogP contribution in [0.5, 0.6) is 0 Å². The molecule has 11 heavy (non-hydrogen) atoms. The molecule has 0 spiro atoms. The Hall–Kier alpha value is -1.37. The van der Waals surface area contributed by atoms with Crippen LogP contribution >= 0.6 is 0 Å². The van der Waals surface area contributed by atoms with Gasteiger partial charge in [0.2, 0.25) is 0 Å². The van der Waals surface area contributed by atoms with Crippen molar-refractivity contribution in [1.29, 1.82) is 5.53 Å². The van der Waals surface area contributed by atoms with E-state index in [1.54, 1.807) is 0 Å².